The molecule has 1 aromatic rings. The number of nitrogens with zero attached hydrogens (tertiary/aromatic N) is 1. The maximum Gasteiger partial charge on any atom is 0.222 e. The third kappa shape index (κ3) is 3.80. The second-order valence-electron chi connectivity index (χ2n) is 5.53. The number of carbonyl (C=O) groups excluding carboxylic acids is 1. The molecule has 2 unspecified atom stereocenters. The van der Waals surface area contributed by atoms with E-state index in [1.165, 1.54) is 5.56 Å². The molecule has 0 radical (unpaired) electrons. The minimum Gasteiger partial charge on any atom is -0.396 e. The Balaban J connectivity index is 1.78. The van der Waals surface area contributed by atoms with Crippen LogP contribution in [0.5, 0.6) is 0 Å². The summed E-state index contributed by atoms with van der Waals surface area (Å²) in [6.45, 7) is 3.91. The highest BCUT2D eigenvalue weighted by Gasteiger charge is 2.25. The molecule has 2 atom stereocenters. The molecule has 1 saturated heterocycles. The van der Waals surface area contributed by atoms with Crippen LogP contribution in [0.2, 0.25) is 0 Å². The summed E-state index contributed by atoms with van der Waals surface area (Å²) in [7, 11) is 0. The van der Waals surface area contributed by atoms with Gasteiger partial charge in [-0.25, -0.2) is 0 Å². The van der Waals surface area contributed by atoms with Gasteiger partial charge in [0.05, 0.1) is 0 Å². The lowest BCUT2D eigenvalue weighted by molar-refractivity contribution is -0.130. The van der Waals surface area contributed by atoms with E-state index in [0.717, 1.165) is 25.9 Å². The Morgan fingerprint density at radius 2 is 2.16 bits per heavy atom. The number of rotatable bonds is 5. The Hall–Kier alpha value is -1.35. The van der Waals surface area contributed by atoms with Crippen molar-refractivity contribution in [1.29, 1.82) is 0 Å². The number of hydrogen-bond donors (Lipinski definition) is 1. The average molecular weight is 261 g/mol. The molecule has 1 aliphatic rings. The topological polar surface area (TPSA) is 40.5 Å². The summed E-state index contributed by atoms with van der Waals surface area (Å²) in [6, 6.07) is 10.3. The summed E-state index contributed by atoms with van der Waals surface area (Å²) in [5.41, 5.74) is 1.30. The molecular weight excluding hydrogens is 238 g/mol. The zero-order chi connectivity index (χ0) is 13.7. The van der Waals surface area contributed by atoms with Crippen molar-refractivity contribution in [3.8, 4) is 0 Å². The zero-order valence-electron chi connectivity index (χ0n) is 11.6. The fraction of sp³-hybridized carbons (Fsp3) is 0.562. The number of aliphatic hydroxyl groups excluding tert-OH is 1. The number of carbonyl (C=O) groups is 1. The fourth-order valence-electron chi connectivity index (χ4n) is 2.65. The van der Waals surface area contributed by atoms with Crippen LogP contribution < -0.4 is 0 Å². The molecule has 0 aromatic heterocycles. The molecule has 1 N–H and O–H groups in total. The molecule has 1 aliphatic heterocycles. The van der Waals surface area contributed by atoms with Crippen molar-refractivity contribution in [2.24, 2.45) is 5.92 Å². The number of amides is 1. The van der Waals surface area contributed by atoms with Crippen LogP contribution in [0.4, 0.5) is 0 Å². The summed E-state index contributed by atoms with van der Waals surface area (Å²) < 4.78 is 0. The average Bonchev–Trinajstić information content (AvgIpc) is 2.94. The van der Waals surface area contributed by atoms with Gasteiger partial charge in [-0.1, -0.05) is 37.3 Å². The highest BCUT2D eigenvalue weighted by molar-refractivity contribution is 5.76. The van der Waals surface area contributed by atoms with Crippen LogP contribution in [0.1, 0.15) is 37.7 Å². The van der Waals surface area contributed by atoms with Gasteiger partial charge >= 0.3 is 0 Å². The Labute approximate surface area is 115 Å². The Kier molecular flexibility index (Phi) is 4.97. The summed E-state index contributed by atoms with van der Waals surface area (Å²) >= 11 is 0. The molecule has 2 rings (SSSR count). The van der Waals surface area contributed by atoms with Crippen LogP contribution in [-0.2, 0) is 4.79 Å². The summed E-state index contributed by atoms with van der Waals surface area (Å²) in [4.78, 5) is 14.0. The smallest absolute Gasteiger partial charge is 0.222 e. The van der Waals surface area contributed by atoms with Gasteiger partial charge in [-0.15, -0.1) is 0 Å². The molecule has 0 saturated carbocycles. The first-order valence-corrected chi connectivity index (χ1v) is 7.14. The second-order valence-corrected chi connectivity index (χ2v) is 5.53. The minimum atomic E-state index is 0.199. The predicted molar refractivity (Wildman–Crippen MR) is 75.9 cm³/mol. The monoisotopic (exact) mass is 261 g/mol. The number of hydrogen-bond acceptors (Lipinski definition) is 2. The lowest BCUT2D eigenvalue weighted by Crippen LogP contribution is -2.29. The molecule has 19 heavy (non-hydrogen) atoms. The Morgan fingerprint density at radius 3 is 2.79 bits per heavy atom. The van der Waals surface area contributed by atoms with Crippen LogP contribution in [0.15, 0.2) is 30.3 Å². The molecule has 3 nitrogen and oxygen atoms in total. The zero-order valence-corrected chi connectivity index (χ0v) is 11.6. The van der Waals surface area contributed by atoms with Gasteiger partial charge in [-0.2, -0.15) is 0 Å². The fourth-order valence-corrected chi connectivity index (χ4v) is 2.65. The van der Waals surface area contributed by atoms with Crippen LogP contribution >= 0.6 is 0 Å². The van der Waals surface area contributed by atoms with Crippen molar-refractivity contribution in [2.45, 2.75) is 32.1 Å². The van der Waals surface area contributed by atoms with Gasteiger partial charge in [-0.3, -0.25) is 4.79 Å². The molecule has 104 valence electrons. The van der Waals surface area contributed by atoms with E-state index in [1.807, 2.05) is 23.1 Å². The Bertz CT molecular complexity index is 404. The molecule has 1 heterocycles. The maximum atomic E-state index is 12.1. The molecule has 1 amide bonds. The second kappa shape index (κ2) is 6.71. The van der Waals surface area contributed by atoms with Crippen molar-refractivity contribution in [3.63, 3.8) is 0 Å². The molecular formula is C16H23NO2. The van der Waals surface area contributed by atoms with Gasteiger partial charge in [-0.05, 0) is 24.3 Å². The molecule has 0 spiro atoms. The van der Waals surface area contributed by atoms with E-state index in [4.69, 9.17) is 5.11 Å². The number of benzene rings is 1. The number of likely N-dealkylation sites (tertiary alicyclic amines) is 1. The van der Waals surface area contributed by atoms with E-state index in [0.29, 0.717) is 12.3 Å². The SMILES string of the molecule is CC(CCC(=O)N1CCC(CO)C1)c1ccccc1. The van der Waals surface area contributed by atoms with Gasteiger partial charge in [0.15, 0.2) is 0 Å². The third-order valence-electron chi connectivity index (χ3n) is 4.06. The molecule has 0 aliphatic carbocycles. The predicted octanol–water partition coefficient (Wildman–Crippen LogP) is 2.41. The van der Waals surface area contributed by atoms with Crippen molar-refractivity contribution in [3.05, 3.63) is 35.9 Å². The van der Waals surface area contributed by atoms with E-state index in [1.54, 1.807) is 0 Å². The van der Waals surface area contributed by atoms with Gasteiger partial charge in [0.2, 0.25) is 5.91 Å². The first-order chi connectivity index (χ1) is 9.20. The van der Waals surface area contributed by atoms with Crippen LogP contribution in [0.3, 0.4) is 0 Å². The minimum absolute atomic E-state index is 0.199. The largest absolute Gasteiger partial charge is 0.396 e. The van der Waals surface area contributed by atoms with Gasteiger partial charge in [0.25, 0.3) is 0 Å². The highest BCUT2D eigenvalue weighted by Crippen LogP contribution is 2.22. The summed E-state index contributed by atoms with van der Waals surface area (Å²) in [5.74, 6) is 0.940. The first-order valence-electron chi connectivity index (χ1n) is 7.14. The van der Waals surface area contributed by atoms with E-state index in [9.17, 15) is 4.79 Å². The number of aliphatic hydroxyl groups is 1. The highest BCUT2D eigenvalue weighted by atomic mass is 16.3. The third-order valence-corrected chi connectivity index (χ3v) is 4.06. The lowest BCUT2D eigenvalue weighted by Gasteiger charge is -2.18. The molecule has 1 aromatic carbocycles. The van der Waals surface area contributed by atoms with E-state index in [-0.39, 0.29) is 18.4 Å². The van der Waals surface area contributed by atoms with Crippen molar-refractivity contribution in [2.75, 3.05) is 19.7 Å². The standard InChI is InChI=1S/C16H23NO2/c1-13(15-5-3-2-4-6-15)7-8-16(19)17-10-9-14(11-17)12-18/h2-6,13-14,18H,7-12H2,1H3. The van der Waals surface area contributed by atoms with Gasteiger partial charge < -0.3 is 10.0 Å². The lowest BCUT2D eigenvalue weighted by atomic mass is 9.96. The van der Waals surface area contributed by atoms with Crippen LogP contribution in [-0.4, -0.2) is 35.6 Å². The Morgan fingerprint density at radius 1 is 1.42 bits per heavy atom. The quantitative estimate of drug-likeness (QED) is 0.884. The molecule has 0 bridgehead atoms. The van der Waals surface area contributed by atoms with E-state index < -0.39 is 0 Å². The van der Waals surface area contributed by atoms with Gasteiger partial charge in [0.1, 0.15) is 0 Å². The van der Waals surface area contributed by atoms with Crippen LogP contribution in [0, 0.1) is 5.92 Å². The normalized spacial score (nSPS) is 20.5. The van der Waals surface area contributed by atoms with Crippen molar-refractivity contribution in [1.82, 2.24) is 4.90 Å². The van der Waals surface area contributed by atoms with E-state index in [2.05, 4.69) is 19.1 Å². The maximum absolute atomic E-state index is 12.1. The van der Waals surface area contributed by atoms with Crippen molar-refractivity contribution >= 4 is 5.91 Å². The molecule has 3 heteroatoms. The first kappa shape index (κ1) is 14.1. The van der Waals surface area contributed by atoms with E-state index >= 15 is 0 Å². The summed E-state index contributed by atoms with van der Waals surface area (Å²) in [6.07, 6.45) is 2.44. The molecule has 1 fully saturated rings. The van der Waals surface area contributed by atoms with Crippen molar-refractivity contribution < 1.29 is 9.90 Å². The summed E-state index contributed by atoms with van der Waals surface area (Å²) in [5, 5.41) is 9.09. The van der Waals surface area contributed by atoms with Gasteiger partial charge in [0, 0.05) is 32.0 Å². The van der Waals surface area contributed by atoms with Crippen LogP contribution in [0.25, 0.3) is 0 Å².